The van der Waals surface area contributed by atoms with Crippen LogP contribution in [0.4, 0.5) is 4.39 Å². The minimum absolute atomic E-state index is 0.0590. The number of nitrogens with two attached hydrogens (primary N) is 1. The average molecular weight is 310 g/mol. The summed E-state index contributed by atoms with van der Waals surface area (Å²) < 4.78 is 25.1. The lowest BCUT2D eigenvalue weighted by atomic mass is 10.2. The SMILES string of the molecule is CCOc1cccc(CN)c1OCc1cccc(Cl)c1F. The van der Waals surface area contributed by atoms with E-state index < -0.39 is 5.82 Å². The summed E-state index contributed by atoms with van der Waals surface area (Å²) in [6, 6.07) is 10.3. The number of hydrogen-bond donors (Lipinski definition) is 1. The smallest absolute Gasteiger partial charge is 0.166 e. The first-order valence-corrected chi connectivity index (χ1v) is 7.05. The van der Waals surface area contributed by atoms with Crippen molar-refractivity contribution in [1.82, 2.24) is 0 Å². The third kappa shape index (κ3) is 3.65. The van der Waals surface area contributed by atoms with Crippen LogP contribution in [-0.4, -0.2) is 6.61 Å². The first kappa shape index (κ1) is 15.6. The zero-order valence-electron chi connectivity index (χ0n) is 11.7. The number of para-hydroxylation sites is 1. The summed E-state index contributed by atoms with van der Waals surface area (Å²) in [5.74, 6) is 0.673. The van der Waals surface area contributed by atoms with Crippen LogP contribution in [0.2, 0.25) is 5.02 Å². The van der Waals surface area contributed by atoms with E-state index in [9.17, 15) is 4.39 Å². The van der Waals surface area contributed by atoms with Crippen LogP contribution in [0.5, 0.6) is 11.5 Å². The molecule has 0 fully saturated rings. The summed E-state index contributed by atoms with van der Waals surface area (Å²) in [6.45, 7) is 2.77. The number of hydrogen-bond acceptors (Lipinski definition) is 3. The molecule has 0 amide bonds. The van der Waals surface area contributed by atoms with Crippen LogP contribution in [-0.2, 0) is 13.2 Å². The van der Waals surface area contributed by atoms with Gasteiger partial charge in [0, 0.05) is 17.7 Å². The first-order chi connectivity index (χ1) is 10.2. The second-order valence-corrected chi connectivity index (χ2v) is 4.79. The summed E-state index contributed by atoms with van der Waals surface area (Å²) in [5.41, 5.74) is 6.90. The molecule has 0 radical (unpaired) electrons. The van der Waals surface area contributed by atoms with Crippen molar-refractivity contribution in [2.75, 3.05) is 6.61 Å². The Bertz CT molecular complexity index is 619. The zero-order chi connectivity index (χ0) is 15.2. The van der Waals surface area contributed by atoms with Crippen LogP contribution >= 0.6 is 11.6 Å². The Kier molecular flexibility index (Phi) is 5.42. The minimum atomic E-state index is -0.470. The molecule has 2 N–H and O–H groups in total. The van der Waals surface area contributed by atoms with E-state index in [1.165, 1.54) is 6.07 Å². The lowest BCUT2D eigenvalue weighted by Crippen LogP contribution is -2.06. The van der Waals surface area contributed by atoms with Crippen molar-refractivity contribution in [3.63, 3.8) is 0 Å². The van der Waals surface area contributed by atoms with E-state index in [0.717, 1.165) is 5.56 Å². The molecule has 0 atom stereocenters. The van der Waals surface area contributed by atoms with Gasteiger partial charge in [-0.2, -0.15) is 0 Å². The van der Waals surface area contributed by atoms with Crippen molar-refractivity contribution in [2.24, 2.45) is 5.73 Å². The van der Waals surface area contributed by atoms with Crippen molar-refractivity contribution in [3.05, 3.63) is 58.4 Å². The zero-order valence-corrected chi connectivity index (χ0v) is 12.5. The molecular formula is C16H17ClFNO2. The standard InChI is InChI=1S/C16H17ClFNO2/c1-2-20-14-8-4-5-11(9-19)16(14)21-10-12-6-3-7-13(17)15(12)18/h3-8H,2,9-10,19H2,1H3. The molecule has 2 aromatic rings. The molecule has 0 bridgehead atoms. The summed E-state index contributed by atoms with van der Waals surface area (Å²) in [6.07, 6.45) is 0. The van der Waals surface area contributed by atoms with Crippen LogP contribution in [0, 0.1) is 5.82 Å². The van der Waals surface area contributed by atoms with Crippen LogP contribution in [0.25, 0.3) is 0 Å². The molecule has 5 heteroatoms. The van der Waals surface area contributed by atoms with Crippen molar-refractivity contribution < 1.29 is 13.9 Å². The fourth-order valence-corrected chi connectivity index (χ4v) is 2.16. The maximum absolute atomic E-state index is 13.9. The van der Waals surface area contributed by atoms with Crippen molar-refractivity contribution in [2.45, 2.75) is 20.1 Å². The second kappa shape index (κ2) is 7.29. The van der Waals surface area contributed by atoms with Crippen molar-refractivity contribution >= 4 is 11.6 Å². The predicted molar refractivity (Wildman–Crippen MR) is 81.2 cm³/mol. The fraction of sp³-hybridized carbons (Fsp3) is 0.250. The highest BCUT2D eigenvalue weighted by molar-refractivity contribution is 6.30. The molecule has 0 aliphatic rings. The third-order valence-electron chi connectivity index (χ3n) is 2.98. The normalized spacial score (nSPS) is 10.5. The number of ether oxygens (including phenoxy) is 2. The van der Waals surface area contributed by atoms with Gasteiger partial charge in [0.05, 0.1) is 11.6 Å². The molecule has 0 saturated heterocycles. The van der Waals surface area contributed by atoms with Crippen LogP contribution in [0.15, 0.2) is 36.4 Å². The molecule has 0 unspecified atom stereocenters. The van der Waals surface area contributed by atoms with Crippen LogP contribution in [0.1, 0.15) is 18.1 Å². The van der Waals surface area contributed by atoms with Gasteiger partial charge in [-0.05, 0) is 19.1 Å². The number of halogens is 2. The third-order valence-corrected chi connectivity index (χ3v) is 3.28. The second-order valence-electron chi connectivity index (χ2n) is 4.38. The molecule has 2 rings (SSSR count). The van der Waals surface area contributed by atoms with E-state index >= 15 is 0 Å². The molecule has 112 valence electrons. The van der Waals surface area contributed by atoms with Gasteiger partial charge in [0.1, 0.15) is 12.4 Å². The van der Waals surface area contributed by atoms with E-state index in [-0.39, 0.29) is 11.6 Å². The molecule has 0 aliphatic heterocycles. The Hall–Kier alpha value is -1.78. The molecule has 0 spiro atoms. The summed E-state index contributed by atoms with van der Waals surface area (Å²) >= 11 is 5.76. The van der Waals surface area contributed by atoms with E-state index in [4.69, 9.17) is 26.8 Å². The average Bonchev–Trinajstić information content (AvgIpc) is 2.49. The van der Waals surface area contributed by atoms with Gasteiger partial charge in [-0.3, -0.25) is 0 Å². The van der Waals surface area contributed by atoms with Crippen LogP contribution in [0.3, 0.4) is 0 Å². The molecule has 0 heterocycles. The van der Waals surface area contributed by atoms with Crippen molar-refractivity contribution in [3.8, 4) is 11.5 Å². The molecule has 21 heavy (non-hydrogen) atoms. The number of benzene rings is 2. The van der Waals surface area contributed by atoms with E-state index in [2.05, 4.69) is 0 Å². The molecule has 0 aromatic heterocycles. The Balaban J connectivity index is 2.24. The predicted octanol–water partition coefficient (Wildman–Crippen LogP) is 3.92. The number of rotatable bonds is 6. The maximum Gasteiger partial charge on any atom is 0.166 e. The van der Waals surface area contributed by atoms with Crippen LogP contribution < -0.4 is 15.2 Å². The Morgan fingerprint density at radius 2 is 1.81 bits per heavy atom. The van der Waals surface area contributed by atoms with Gasteiger partial charge in [-0.25, -0.2) is 4.39 Å². The van der Waals surface area contributed by atoms with Gasteiger partial charge in [-0.1, -0.05) is 35.9 Å². The first-order valence-electron chi connectivity index (χ1n) is 6.67. The molecule has 3 nitrogen and oxygen atoms in total. The lowest BCUT2D eigenvalue weighted by Gasteiger charge is -2.15. The Labute approximate surface area is 128 Å². The summed E-state index contributed by atoms with van der Waals surface area (Å²) in [7, 11) is 0. The maximum atomic E-state index is 13.9. The Morgan fingerprint density at radius 3 is 2.52 bits per heavy atom. The highest BCUT2D eigenvalue weighted by Crippen LogP contribution is 2.32. The summed E-state index contributed by atoms with van der Waals surface area (Å²) in [4.78, 5) is 0. The molecule has 2 aromatic carbocycles. The van der Waals surface area contributed by atoms with Gasteiger partial charge in [0.25, 0.3) is 0 Å². The minimum Gasteiger partial charge on any atom is -0.490 e. The molecule has 0 saturated carbocycles. The monoisotopic (exact) mass is 309 g/mol. The topological polar surface area (TPSA) is 44.5 Å². The highest BCUT2D eigenvalue weighted by Gasteiger charge is 2.12. The van der Waals surface area contributed by atoms with Gasteiger partial charge in [-0.15, -0.1) is 0 Å². The fourth-order valence-electron chi connectivity index (χ4n) is 1.96. The largest absolute Gasteiger partial charge is 0.490 e. The van der Waals surface area contributed by atoms with Crippen molar-refractivity contribution in [1.29, 1.82) is 0 Å². The van der Waals surface area contributed by atoms with Gasteiger partial charge < -0.3 is 15.2 Å². The van der Waals surface area contributed by atoms with Gasteiger partial charge in [0.2, 0.25) is 0 Å². The summed E-state index contributed by atoms with van der Waals surface area (Å²) in [5, 5.41) is 0.0771. The van der Waals surface area contributed by atoms with E-state index in [1.807, 2.05) is 19.1 Å². The van der Waals surface area contributed by atoms with Gasteiger partial charge >= 0.3 is 0 Å². The van der Waals surface area contributed by atoms with Gasteiger partial charge in [0.15, 0.2) is 11.5 Å². The van der Waals surface area contributed by atoms with E-state index in [1.54, 1.807) is 18.2 Å². The molecular weight excluding hydrogens is 293 g/mol. The van der Waals surface area contributed by atoms with E-state index in [0.29, 0.717) is 30.2 Å². The lowest BCUT2D eigenvalue weighted by molar-refractivity contribution is 0.263. The Morgan fingerprint density at radius 1 is 1.10 bits per heavy atom. The quantitative estimate of drug-likeness (QED) is 0.879. The highest BCUT2D eigenvalue weighted by atomic mass is 35.5. The molecule has 0 aliphatic carbocycles.